The van der Waals surface area contributed by atoms with Gasteiger partial charge in [0.2, 0.25) is 0 Å². The highest BCUT2D eigenvalue weighted by Gasteiger charge is 2.48. The van der Waals surface area contributed by atoms with Crippen molar-refractivity contribution in [2.75, 3.05) is 31.7 Å². The Balaban J connectivity index is 1.28. The summed E-state index contributed by atoms with van der Waals surface area (Å²) in [5.74, 6) is -4.85. The number of nitrogens with one attached hydrogen (secondary N) is 1. The van der Waals surface area contributed by atoms with Crippen molar-refractivity contribution in [2.45, 2.75) is 50.7 Å². The molecule has 3 aromatic heterocycles. The number of halogens is 4. The Morgan fingerprint density at radius 1 is 1.32 bits per heavy atom. The average molecular weight is 552 g/mol. The Kier molecular flexibility index (Phi) is 7.23. The van der Waals surface area contributed by atoms with Crippen LogP contribution in [0.25, 0.3) is 11.0 Å². The maximum absolute atomic E-state index is 15.2. The van der Waals surface area contributed by atoms with Gasteiger partial charge in [0.1, 0.15) is 18.2 Å². The van der Waals surface area contributed by atoms with Crippen LogP contribution in [0.15, 0.2) is 18.3 Å². The van der Waals surface area contributed by atoms with Crippen molar-refractivity contribution in [1.29, 1.82) is 0 Å². The molecule has 9 nitrogen and oxygen atoms in total. The molecule has 3 aromatic rings. The van der Waals surface area contributed by atoms with Gasteiger partial charge in [-0.3, -0.25) is 4.79 Å². The lowest BCUT2D eigenvalue weighted by Crippen LogP contribution is -2.43. The molecule has 204 valence electrons. The summed E-state index contributed by atoms with van der Waals surface area (Å²) >= 11 is 6.29. The number of aryl methyl sites for hydroxylation is 2. The minimum atomic E-state index is -3.10. The van der Waals surface area contributed by atoms with Crippen molar-refractivity contribution < 1.29 is 22.7 Å². The number of hydrogen-bond donors (Lipinski definition) is 2. The highest BCUT2D eigenvalue weighted by molar-refractivity contribution is 6.35. The minimum Gasteiger partial charge on any atom is -0.378 e. The Morgan fingerprint density at radius 3 is 2.84 bits per heavy atom. The second-order valence-corrected chi connectivity index (χ2v) is 10.3. The quantitative estimate of drug-likeness (QED) is 0.464. The standard InChI is InChI=1S/C25H29ClF3N7O2/c1-3-35-10-17(26)14-7-21(33-34-23(14)35)24(37)31-13-4-5-20-15(6-13)18(27)8-22(32-20)36-9-16(19(30)11-36)25(28,29)12-38-2/h7-8,10,13,16,19H,3-6,9,11-12,30H2,1-2H3,(H,31,37). The van der Waals surface area contributed by atoms with Crippen LogP contribution >= 0.6 is 11.6 Å². The Morgan fingerprint density at radius 2 is 2.11 bits per heavy atom. The van der Waals surface area contributed by atoms with Crippen molar-refractivity contribution in [2.24, 2.45) is 11.7 Å². The lowest BCUT2D eigenvalue weighted by Gasteiger charge is -2.27. The van der Waals surface area contributed by atoms with Gasteiger partial charge >= 0.3 is 0 Å². The first-order valence-corrected chi connectivity index (χ1v) is 12.9. The zero-order valence-corrected chi connectivity index (χ0v) is 21.8. The van der Waals surface area contributed by atoms with Gasteiger partial charge < -0.3 is 25.3 Å². The minimum absolute atomic E-state index is 0.0432. The first-order chi connectivity index (χ1) is 18.1. The summed E-state index contributed by atoms with van der Waals surface area (Å²) in [6.45, 7) is 1.99. The van der Waals surface area contributed by atoms with Gasteiger partial charge in [-0.25, -0.2) is 18.2 Å². The highest BCUT2D eigenvalue weighted by Crippen LogP contribution is 2.35. The number of hydrogen-bond acceptors (Lipinski definition) is 7. The lowest BCUT2D eigenvalue weighted by molar-refractivity contribution is -0.105. The molecule has 3 atom stereocenters. The fourth-order valence-electron chi connectivity index (χ4n) is 5.36. The Labute approximate surface area is 222 Å². The van der Waals surface area contributed by atoms with E-state index in [-0.39, 0.29) is 37.1 Å². The van der Waals surface area contributed by atoms with E-state index in [1.165, 1.54) is 13.2 Å². The zero-order chi connectivity index (χ0) is 27.2. The third-order valence-corrected chi connectivity index (χ3v) is 7.67. The molecule has 0 bridgehead atoms. The van der Waals surface area contributed by atoms with Crippen LogP contribution in [0.2, 0.25) is 5.02 Å². The number of nitrogens with zero attached hydrogens (tertiary/aromatic N) is 5. The highest BCUT2D eigenvalue weighted by atomic mass is 35.5. The molecule has 1 saturated heterocycles. The molecule has 2 aliphatic rings. The van der Waals surface area contributed by atoms with Crippen LogP contribution in [0.4, 0.5) is 19.0 Å². The molecule has 13 heteroatoms. The van der Waals surface area contributed by atoms with Crippen molar-refractivity contribution in [3.63, 3.8) is 0 Å². The van der Waals surface area contributed by atoms with Crippen LogP contribution in [0, 0.1) is 11.7 Å². The number of rotatable bonds is 7. The van der Waals surface area contributed by atoms with E-state index in [0.29, 0.717) is 46.7 Å². The summed E-state index contributed by atoms with van der Waals surface area (Å²) < 4.78 is 50.6. The van der Waals surface area contributed by atoms with Gasteiger partial charge in [-0.1, -0.05) is 11.6 Å². The van der Waals surface area contributed by atoms with Crippen LogP contribution in [-0.2, 0) is 24.1 Å². The molecular weight excluding hydrogens is 523 g/mol. The second-order valence-electron chi connectivity index (χ2n) is 9.90. The van der Waals surface area contributed by atoms with Crippen molar-refractivity contribution in [1.82, 2.24) is 25.1 Å². The molecule has 1 fully saturated rings. The van der Waals surface area contributed by atoms with E-state index in [0.717, 1.165) is 0 Å². The lowest BCUT2D eigenvalue weighted by atomic mass is 9.91. The molecule has 0 saturated carbocycles. The van der Waals surface area contributed by atoms with Crippen LogP contribution in [-0.4, -0.2) is 70.5 Å². The van der Waals surface area contributed by atoms with Crippen LogP contribution in [0.5, 0.6) is 0 Å². The number of fused-ring (bicyclic) bond motifs is 2. The van der Waals surface area contributed by atoms with E-state index in [1.54, 1.807) is 17.2 Å². The third-order valence-electron chi connectivity index (χ3n) is 7.37. The molecule has 0 spiro atoms. The SMILES string of the molecule is CCn1cc(Cl)c2cc(C(=O)NC3CCc4nc(N5CC(N)C(C(F)(F)COC)C5)cc(F)c4C3)nnc21. The first-order valence-electron chi connectivity index (χ1n) is 12.5. The summed E-state index contributed by atoms with van der Waals surface area (Å²) in [5.41, 5.74) is 7.68. The van der Waals surface area contributed by atoms with Crippen molar-refractivity contribution in [3.05, 3.63) is 46.1 Å². The number of pyridine rings is 1. The number of carbonyl (C=O) groups is 1. The fraction of sp³-hybridized carbons (Fsp3) is 0.520. The van der Waals surface area contributed by atoms with Gasteiger partial charge in [-0.15, -0.1) is 10.2 Å². The van der Waals surface area contributed by atoms with Crippen LogP contribution in [0.3, 0.4) is 0 Å². The fourth-order valence-corrected chi connectivity index (χ4v) is 5.61. The first kappa shape index (κ1) is 26.6. The maximum Gasteiger partial charge on any atom is 0.276 e. The number of nitrogens with two attached hydrogens (primary N) is 1. The predicted molar refractivity (Wildman–Crippen MR) is 136 cm³/mol. The van der Waals surface area contributed by atoms with E-state index >= 15 is 4.39 Å². The summed E-state index contributed by atoms with van der Waals surface area (Å²) in [4.78, 5) is 19.1. The third kappa shape index (κ3) is 4.92. The van der Waals surface area contributed by atoms with E-state index < -0.39 is 36.2 Å². The summed E-state index contributed by atoms with van der Waals surface area (Å²) in [7, 11) is 1.22. The molecule has 3 unspecified atom stereocenters. The molecule has 1 aliphatic carbocycles. The number of amides is 1. The Bertz CT molecular complexity index is 1370. The van der Waals surface area contributed by atoms with Crippen molar-refractivity contribution >= 4 is 34.4 Å². The van der Waals surface area contributed by atoms with Crippen LogP contribution < -0.4 is 16.0 Å². The molecule has 0 aromatic carbocycles. The number of carbonyl (C=O) groups excluding carboxylic acids is 1. The van der Waals surface area contributed by atoms with E-state index in [9.17, 15) is 13.6 Å². The number of alkyl halides is 2. The van der Waals surface area contributed by atoms with E-state index in [2.05, 4.69) is 25.2 Å². The monoisotopic (exact) mass is 551 g/mol. The van der Waals surface area contributed by atoms with Gasteiger partial charge in [-0.05, 0) is 32.3 Å². The summed E-state index contributed by atoms with van der Waals surface area (Å²) in [5, 5.41) is 12.2. The van der Waals surface area contributed by atoms with Gasteiger partial charge in [0, 0.05) is 67.7 Å². The second kappa shape index (κ2) is 10.3. The Hall–Kier alpha value is -2.96. The number of aromatic nitrogens is 4. The predicted octanol–water partition coefficient (Wildman–Crippen LogP) is 2.97. The van der Waals surface area contributed by atoms with Gasteiger partial charge in [0.25, 0.3) is 11.8 Å². The van der Waals surface area contributed by atoms with E-state index in [4.69, 9.17) is 17.3 Å². The van der Waals surface area contributed by atoms with Crippen LogP contribution in [0.1, 0.15) is 35.1 Å². The zero-order valence-electron chi connectivity index (χ0n) is 21.1. The normalized spacial score (nSPS) is 21.7. The maximum atomic E-state index is 15.2. The number of methoxy groups -OCH3 is 1. The summed E-state index contributed by atoms with van der Waals surface area (Å²) in [6.07, 6.45) is 2.94. The molecule has 5 rings (SSSR count). The molecule has 1 amide bonds. The smallest absolute Gasteiger partial charge is 0.276 e. The van der Waals surface area contributed by atoms with Gasteiger partial charge in [-0.2, -0.15) is 0 Å². The topological polar surface area (TPSA) is 111 Å². The van der Waals surface area contributed by atoms with E-state index in [1.807, 2.05) is 11.5 Å². The number of ether oxygens (including phenoxy) is 1. The molecular formula is C25H29ClF3N7O2. The summed E-state index contributed by atoms with van der Waals surface area (Å²) in [6, 6.07) is 1.73. The molecule has 3 N–H and O–H groups in total. The largest absolute Gasteiger partial charge is 0.378 e. The molecule has 0 radical (unpaired) electrons. The van der Waals surface area contributed by atoms with Gasteiger partial charge in [0.15, 0.2) is 11.3 Å². The molecule has 38 heavy (non-hydrogen) atoms. The van der Waals surface area contributed by atoms with Gasteiger partial charge in [0.05, 0.1) is 10.9 Å². The molecule has 4 heterocycles. The average Bonchev–Trinajstić information content (AvgIpc) is 3.44. The number of anilines is 1. The van der Waals surface area contributed by atoms with Crippen molar-refractivity contribution in [3.8, 4) is 0 Å². The molecule has 1 aliphatic heterocycles.